The lowest BCUT2D eigenvalue weighted by Crippen LogP contribution is -2.43. The van der Waals surface area contributed by atoms with E-state index in [0.29, 0.717) is 5.56 Å². The summed E-state index contributed by atoms with van der Waals surface area (Å²) in [5.41, 5.74) is 1.21. The third-order valence-corrected chi connectivity index (χ3v) is 2.87. The summed E-state index contributed by atoms with van der Waals surface area (Å²) in [7, 11) is 0. The number of hydrogen-bond acceptors (Lipinski definition) is 3. The first-order chi connectivity index (χ1) is 8.08. The van der Waals surface area contributed by atoms with Gasteiger partial charge in [-0.15, -0.1) is 0 Å². The van der Waals surface area contributed by atoms with E-state index in [4.69, 9.17) is 5.11 Å². The molecule has 0 radical (unpaired) electrons. The van der Waals surface area contributed by atoms with Crippen LogP contribution in [-0.4, -0.2) is 28.9 Å². The molecule has 1 aromatic heterocycles. The number of pyridine rings is 1. The predicted molar refractivity (Wildman–Crippen MR) is 60.5 cm³/mol. The lowest BCUT2D eigenvalue weighted by atomic mass is 10.2. The SMILES string of the molecule is Cc1cc(N2CCCC2NC(=O)O)cnc1F. The zero-order chi connectivity index (χ0) is 12.4. The van der Waals surface area contributed by atoms with Crippen LogP contribution in [0.2, 0.25) is 0 Å². The highest BCUT2D eigenvalue weighted by molar-refractivity contribution is 5.66. The highest BCUT2D eigenvalue weighted by Gasteiger charge is 2.26. The van der Waals surface area contributed by atoms with E-state index in [1.807, 2.05) is 4.90 Å². The Balaban J connectivity index is 2.20. The van der Waals surface area contributed by atoms with Gasteiger partial charge in [0.1, 0.15) is 6.17 Å². The molecule has 0 bridgehead atoms. The van der Waals surface area contributed by atoms with Gasteiger partial charge in [-0.1, -0.05) is 0 Å². The Morgan fingerprint density at radius 3 is 3.12 bits per heavy atom. The Hall–Kier alpha value is -1.85. The zero-order valence-corrected chi connectivity index (χ0v) is 9.48. The minimum absolute atomic E-state index is 0.251. The van der Waals surface area contributed by atoms with Gasteiger partial charge in [0.2, 0.25) is 5.95 Å². The second-order valence-corrected chi connectivity index (χ2v) is 4.10. The highest BCUT2D eigenvalue weighted by Crippen LogP contribution is 2.24. The average molecular weight is 239 g/mol. The normalized spacial score (nSPS) is 19.4. The molecule has 2 N–H and O–H groups in total. The maximum atomic E-state index is 13.1. The van der Waals surface area contributed by atoms with Gasteiger partial charge in [-0.3, -0.25) is 0 Å². The summed E-state index contributed by atoms with van der Waals surface area (Å²) in [6, 6.07) is 1.68. The van der Waals surface area contributed by atoms with Gasteiger partial charge in [0.25, 0.3) is 0 Å². The molecule has 2 rings (SSSR count). The molecule has 0 aromatic carbocycles. The van der Waals surface area contributed by atoms with E-state index in [9.17, 15) is 9.18 Å². The van der Waals surface area contributed by atoms with Crippen LogP contribution in [0.4, 0.5) is 14.9 Å². The standard InChI is InChI=1S/C11H14FN3O2/c1-7-5-8(6-13-10(7)12)15-4-2-3-9(15)14-11(16)17/h5-6,9,14H,2-4H2,1H3,(H,16,17). The van der Waals surface area contributed by atoms with Gasteiger partial charge >= 0.3 is 6.09 Å². The quantitative estimate of drug-likeness (QED) is 0.771. The fraction of sp³-hybridized carbons (Fsp3) is 0.455. The Morgan fingerprint density at radius 2 is 2.47 bits per heavy atom. The molecule has 17 heavy (non-hydrogen) atoms. The minimum atomic E-state index is -1.05. The molecule has 1 aromatic rings. The topological polar surface area (TPSA) is 65.5 Å². The number of rotatable bonds is 2. The van der Waals surface area contributed by atoms with Crippen LogP contribution in [0, 0.1) is 12.9 Å². The Labute approximate surface area is 98.3 Å². The molecule has 1 fully saturated rings. The van der Waals surface area contributed by atoms with Crippen molar-refractivity contribution in [1.82, 2.24) is 10.3 Å². The highest BCUT2D eigenvalue weighted by atomic mass is 19.1. The van der Waals surface area contributed by atoms with Crippen LogP contribution < -0.4 is 10.2 Å². The van der Waals surface area contributed by atoms with Crippen molar-refractivity contribution in [3.05, 3.63) is 23.8 Å². The van der Waals surface area contributed by atoms with E-state index in [1.165, 1.54) is 6.20 Å². The maximum absolute atomic E-state index is 13.1. The minimum Gasteiger partial charge on any atom is -0.465 e. The Bertz CT molecular complexity index is 439. The van der Waals surface area contributed by atoms with Gasteiger partial charge in [-0.25, -0.2) is 9.78 Å². The van der Waals surface area contributed by atoms with Crippen molar-refractivity contribution in [3.63, 3.8) is 0 Å². The molecule has 0 spiro atoms. The van der Waals surface area contributed by atoms with Crippen molar-refractivity contribution in [2.45, 2.75) is 25.9 Å². The molecule has 5 nitrogen and oxygen atoms in total. The molecule has 0 saturated carbocycles. The summed E-state index contributed by atoms with van der Waals surface area (Å²) in [6.45, 7) is 2.39. The van der Waals surface area contributed by atoms with Crippen LogP contribution >= 0.6 is 0 Å². The van der Waals surface area contributed by atoms with Crippen LogP contribution in [-0.2, 0) is 0 Å². The third kappa shape index (κ3) is 2.46. The predicted octanol–water partition coefficient (Wildman–Crippen LogP) is 1.72. The fourth-order valence-corrected chi connectivity index (χ4v) is 2.07. The second kappa shape index (κ2) is 4.57. The van der Waals surface area contributed by atoms with Gasteiger partial charge in [-0.2, -0.15) is 4.39 Å². The summed E-state index contributed by atoms with van der Waals surface area (Å²) >= 11 is 0. The van der Waals surface area contributed by atoms with Crippen molar-refractivity contribution in [2.75, 3.05) is 11.4 Å². The van der Waals surface area contributed by atoms with Crippen LogP contribution in [0.25, 0.3) is 0 Å². The molecule has 0 aliphatic carbocycles. The summed E-state index contributed by atoms with van der Waals surface area (Å²) in [4.78, 5) is 16.2. The van der Waals surface area contributed by atoms with Gasteiger partial charge in [-0.05, 0) is 25.8 Å². The van der Waals surface area contributed by atoms with Gasteiger partial charge in [0.15, 0.2) is 0 Å². The maximum Gasteiger partial charge on any atom is 0.406 e. The molecular formula is C11H14FN3O2. The van der Waals surface area contributed by atoms with Crippen molar-refractivity contribution >= 4 is 11.8 Å². The van der Waals surface area contributed by atoms with Crippen molar-refractivity contribution < 1.29 is 14.3 Å². The van der Waals surface area contributed by atoms with Crippen LogP contribution in [0.3, 0.4) is 0 Å². The number of carbonyl (C=O) groups is 1. The molecule has 1 amide bonds. The molecular weight excluding hydrogens is 225 g/mol. The van der Waals surface area contributed by atoms with Gasteiger partial charge < -0.3 is 15.3 Å². The smallest absolute Gasteiger partial charge is 0.406 e. The monoisotopic (exact) mass is 239 g/mol. The van der Waals surface area contributed by atoms with E-state index < -0.39 is 12.0 Å². The molecule has 1 unspecified atom stereocenters. The van der Waals surface area contributed by atoms with Gasteiger partial charge in [0, 0.05) is 12.1 Å². The molecule has 6 heteroatoms. The number of aryl methyl sites for hydroxylation is 1. The average Bonchev–Trinajstić information content (AvgIpc) is 2.69. The third-order valence-electron chi connectivity index (χ3n) is 2.87. The summed E-state index contributed by atoms with van der Waals surface area (Å²) in [5.74, 6) is -0.490. The first kappa shape index (κ1) is 11.6. The van der Waals surface area contributed by atoms with Crippen molar-refractivity contribution in [1.29, 1.82) is 0 Å². The lowest BCUT2D eigenvalue weighted by Gasteiger charge is -2.26. The number of nitrogens with zero attached hydrogens (tertiary/aromatic N) is 2. The first-order valence-electron chi connectivity index (χ1n) is 5.46. The number of amides is 1. The summed E-state index contributed by atoms with van der Waals surface area (Å²) in [6.07, 6.45) is 1.79. The lowest BCUT2D eigenvalue weighted by molar-refractivity contribution is 0.190. The van der Waals surface area contributed by atoms with Crippen molar-refractivity contribution in [2.24, 2.45) is 0 Å². The largest absolute Gasteiger partial charge is 0.465 e. The van der Waals surface area contributed by atoms with E-state index in [1.54, 1.807) is 13.0 Å². The Kier molecular flexibility index (Phi) is 3.12. The van der Waals surface area contributed by atoms with Gasteiger partial charge in [0.05, 0.1) is 11.9 Å². The molecule has 1 saturated heterocycles. The number of halogens is 1. The number of hydrogen-bond donors (Lipinski definition) is 2. The number of anilines is 1. The summed E-state index contributed by atoms with van der Waals surface area (Å²) in [5, 5.41) is 11.2. The fourth-order valence-electron chi connectivity index (χ4n) is 2.07. The van der Waals surface area contributed by atoms with E-state index >= 15 is 0 Å². The van der Waals surface area contributed by atoms with E-state index in [2.05, 4.69) is 10.3 Å². The Morgan fingerprint density at radius 1 is 1.71 bits per heavy atom. The molecule has 1 aliphatic rings. The van der Waals surface area contributed by atoms with Crippen molar-refractivity contribution in [3.8, 4) is 0 Å². The molecule has 2 heterocycles. The zero-order valence-electron chi connectivity index (χ0n) is 9.48. The van der Waals surface area contributed by atoms with E-state index in [0.717, 1.165) is 25.1 Å². The molecule has 92 valence electrons. The molecule has 1 aliphatic heterocycles. The summed E-state index contributed by atoms with van der Waals surface area (Å²) < 4.78 is 13.1. The van der Waals surface area contributed by atoms with Crippen LogP contribution in [0.15, 0.2) is 12.3 Å². The number of nitrogens with one attached hydrogen (secondary N) is 1. The number of aromatic nitrogens is 1. The first-order valence-corrected chi connectivity index (χ1v) is 5.46. The van der Waals surface area contributed by atoms with Crippen LogP contribution in [0.1, 0.15) is 18.4 Å². The van der Waals surface area contributed by atoms with Crippen LogP contribution in [0.5, 0.6) is 0 Å². The molecule has 1 atom stereocenters. The second-order valence-electron chi connectivity index (χ2n) is 4.10. The number of carboxylic acid groups (broad SMARTS) is 1. The van der Waals surface area contributed by atoms with E-state index in [-0.39, 0.29) is 6.17 Å².